The number of ether oxygens (including phenoxy) is 1. The van der Waals surface area contributed by atoms with Crippen LogP contribution in [0.4, 0.5) is 4.79 Å². The van der Waals surface area contributed by atoms with Crippen LogP contribution < -0.4 is 10.6 Å². The Labute approximate surface area is 150 Å². The molecule has 1 rings (SSSR count). The maximum Gasteiger partial charge on any atom is 0.408 e. The molecule has 142 valence electrons. The lowest BCUT2D eigenvalue weighted by Gasteiger charge is -2.26. The van der Waals surface area contributed by atoms with E-state index in [4.69, 9.17) is 4.74 Å². The number of rotatable bonds is 7. The molecule has 0 aromatic heterocycles. The monoisotopic (exact) mass is 353 g/mol. The first-order chi connectivity index (χ1) is 11.5. The number of nitrogens with zero attached hydrogens (tertiary/aromatic N) is 1. The molecular formula is C18H31N3O4. The van der Waals surface area contributed by atoms with Crippen LogP contribution in [0.5, 0.6) is 0 Å². The van der Waals surface area contributed by atoms with Crippen molar-refractivity contribution in [2.75, 3.05) is 6.54 Å². The predicted molar refractivity (Wildman–Crippen MR) is 95.9 cm³/mol. The van der Waals surface area contributed by atoms with Gasteiger partial charge in [0.1, 0.15) is 17.7 Å². The van der Waals surface area contributed by atoms with Gasteiger partial charge < -0.3 is 20.3 Å². The van der Waals surface area contributed by atoms with E-state index in [1.54, 1.807) is 26.8 Å². The summed E-state index contributed by atoms with van der Waals surface area (Å²) < 4.78 is 5.26. The first-order valence-corrected chi connectivity index (χ1v) is 8.73. The van der Waals surface area contributed by atoms with Gasteiger partial charge in [0.2, 0.25) is 11.8 Å². The SMILES string of the molecule is C=CCNC(=O)[C@@H]1[C@@H](C)N1C(=O)[C@@H](NC(=O)OC(C)(C)C)[C@@H](C)CC. The lowest BCUT2D eigenvalue weighted by molar-refractivity contribution is -0.132. The van der Waals surface area contributed by atoms with Gasteiger partial charge in [0.25, 0.3) is 0 Å². The van der Waals surface area contributed by atoms with Crippen LogP contribution >= 0.6 is 0 Å². The Morgan fingerprint density at radius 1 is 1.32 bits per heavy atom. The molecule has 0 aliphatic carbocycles. The Bertz CT molecular complexity index is 527. The first kappa shape index (κ1) is 21.0. The fraction of sp³-hybridized carbons (Fsp3) is 0.722. The van der Waals surface area contributed by atoms with Crippen LogP contribution in [0.1, 0.15) is 48.0 Å². The third-order valence-corrected chi connectivity index (χ3v) is 4.20. The van der Waals surface area contributed by atoms with Crippen LogP contribution in [0.3, 0.4) is 0 Å². The molecule has 7 heteroatoms. The van der Waals surface area contributed by atoms with Crippen molar-refractivity contribution in [3.05, 3.63) is 12.7 Å². The van der Waals surface area contributed by atoms with Gasteiger partial charge in [-0.05, 0) is 33.6 Å². The summed E-state index contributed by atoms with van der Waals surface area (Å²) in [6, 6.07) is -1.41. The lowest BCUT2D eigenvalue weighted by Crippen LogP contribution is -2.50. The van der Waals surface area contributed by atoms with Crippen molar-refractivity contribution in [2.45, 2.75) is 71.7 Å². The Kier molecular flexibility index (Phi) is 7.02. The summed E-state index contributed by atoms with van der Waals surface area (Å²) >= 11 is 0. The highest BCUT2D eigenvalue weighted by Gasteiger charge is 2.54. The average molecular weight is 353 g/mol. The zero-order chi connectivity index (χ0) is 19.4. The number of alkyl carbamates (subject to hydrolysis) is 1. The van der Waals surface area contributed by atoms with E-state index < -0.39 is 23.8 Å². The van der Waals surface area contributed by atoms with Crippen molar-refractivity contribution in [3.63, 3.8) is 0 Å². The molecule has 25 heavy (non-hydrogen) atoms. The molecule has 0 bridgehead atoms. The Hall–Kier alpha value is -2.05. The van der Waals surface area contributed by atoms with Gasteiger partial charge in [0, 0.05) is 6.54 Å². The molecule has 0 unspecified atom stereocenters. The highest BCUT2D eigenvalue weighted by Crippen LogP contribution is 2.30. The third-order valence-electron chi connectivity index (χ3n) is 4.20. The Morgan fingerprint density at radius 3 is 2.40 bits per heavy atom. The van der Waals surface area contributed by atoms with Gasteiger partial charge in [-0.15, -0.1) is 6.58 Å². The van der Waals surface area contributed by atoms with Gasteiger partial charge in [-0.1, -0.05) is 26.3 Å². The fourth-order valence-corrected chi connectivity index (χ4v) is 2.59. The summed E-state index contributed by atoms with van der Waals surface area (Å²) in [5.41, 5.74) is -0.645. The maximum absolute atomic E-state index is 12.9. The van der Waals surface area contributed by atoms with E-state index >= 15 is 0 Å². The van der Waals surface area contributed by atoms with Crippen LogP contribution in [-0.2, 0) is 14.3 Å². The van der Waals surface area contributed by atoms with E-state index in [2.05, 4.69) is 17.2 Å². The molecule has 1 aliphatic heterocycles. The number of hydrogen-bond acceptors (Lipinski definition) is 4. The molecule has 0 spiro atoms. The van der Waals surface area contributed by atoms with E-state index in [-0.39, 0.29) is 23.8 Å². The van der Waals surface area contributed by atoms with Crippen LogP contribution in [0.2, 0.25) is 0 Å². The minimum absolute atomic E-state index is 0.0790. The van der Waals surface area contributed by atoms with Crippen molar-refractivity contribution in [1.82, 2.24) is 15.5 Å². The Balaban J connectivity index is 2.79. The molecule has 0 radical (unpaired) electrons. The van der Waals surface area contributed by atoms with Gasteiger partial charge in [-0.25, -0.2) is 4.79 Å². The summed E-state index contributed by atoms with van der Waals surface area (Å²) in [6.07, 6.45) is 1.67. The highest BCUT2D eigenvalue weighted by molar-refractivity contribution is 5.96. The topological polar surface area (TPSA) is 87.5 Å². The van der Waals surface area contributed by atoms with E-state index in [1.807, 2.05) is 20.8 Å². The van der Waals surface area contributed by atoms with Crippen LogP contribution in [-0.4, -0.2) is 53.1 Å². The van der Waals surface area contributed by atoms with Gasteiger partial charge in [0.05, 0.1) is 6.04 Å². The number of nitrogens with one attached hydrogen (secondary N) is 2. The lowest BCUT2D eigenvalue weighted by atomic mass is 9.98. The molecule has 1 fully saturated rings. The average Bonchev–Trinajstić information content (AvgIpc) is 3.18. The molecule has 4 atom stereocenters. The molecular weight excluding hydrogens is 322 g/mol. The molecule has 0 aromatic carbocycles. The zero-order valence-corrected chi connectivity index (χ0v) is 16.1. The molecule has 0 aromatic rings. The maximum atomic E-state index is 12.9. The quantitative estimate of drug-likeness (QED) is 0.540. The summed E-state index contributed by atoms with van der Waals surface area (Å²) in [4.78, 5) is 38.5. The van der Waals surface area contributed by atoms with E-state index in [1.165, 1.54) is 4.90 Å². The van der Waals surface area contributed by atoms with Gasteiger partial charge in [-0.3, -0.25) is 9.59 Å². The highest BCUT2D eigenvalue weighted by atomic mass is 16.6. The van der Waals surface area contributed by atoms with Gasteiger partial charge in [0.15, 0.2) is 0 Å². The minimum atomic E-state index is -0.723. The molecule has 2 N–H and O–H groups in total. The standard InChI is InChI=1S/C18H31N3O4/c1-8-10-19-15(22)14-12(4)21(14)16(23)13(11(3)9-2)20-17(24)25-18(5,6)7/h8,11-14H,1,9-10H2,2-7H3,(H,19,22)(H,20,24)/t11-,12+,13-,14-,21?/m0/s1. The summed E-state index contributed by atoms with van der Waals surface area (Å²) in [5, 5.41) is 5.37. The smallest absolute Gasteiger partial charge is 0.408 e. The van der Waals surface area contributed by atoms with Crippen molar-refractivity contribution in [1.29, 1.82) is 0 Å². The normalized spacial score (nSPS) is 21.8. The third kappa shape index (κ3) is 5.76. The summed E-state index contributed by atoms with van der Waals surface area (Å²) in [7, 11) is 0. The predicted octanol–water partition coefficient (Wildman–Crippen LogP) is 1.83. The van der Waals surface area contributed by atoms with Crippen molar-refractivity contribution in [2.24, 2.45) is 5.92 Å². The minimum Gasteiger partial charge on any atom is -0.444 e. The first-order valence-electron chi connectivity index (χ1n) is 8.73. The number of amides is 3. The van der Waals surface area contributed by atoms with Gasteiger partial charge in [-0.2, -0.15) is 0 Å². The molecule has 0 saturated carbocycles. The molecule has 1 aliphatic rings. The van der Waals surface area contributed by atoms with Crippen LogP contribution in [0, 0.1) is 5.92 Å². The largest absolute Gasteiger partial charge is 0.444 e. The van der Waals surface area contributed by atoms with E-state index in [0.29, 0.717) is 13.0 Å². The second-order valence-electron chi connectivity index (χ2n) is 7.47. The summed E-state index contributed by atoms with van der Waals surface area (Å²) in [5.74, 6) is -0.544. The van der Waals surface area contributed by atoms with Crippen molar-refractivity contribution in [3.8, 4) is 0 Å². The van der Waals surface area contributed by atoms with E-state index in [0.717, 1.165) is 0 Å². The number of carbonyl (C=O) groups is 3. The second kappa shape index (κ2) is 8.36. The van der Waals surface area contributed by atoms with Crippen molar-refractivity contribution >= 4 is 17.9 Å². The zero-order valence-electron chi connectivity index (χ0n) is 16.1. The summed E-state index contributed by atoms with van der Waals surface area (Å²) in [6.45, 7) is 14.9. The van der Waals surface area contributed by atoms with Crippen LogP contribution in [0.25, 0.3) is 0 Å². The van der Waals surface area contributed by atoms with Crippen molar-refractivity contribution < 1.29 is 19.1 Å². The van der Waals surface area contributed by atoms with Gasteiger partial charge >= 0.3 is 6.09 Å². The fourth-order valence-electron chi connectivity index (χ4n) is 2.59. The second-order valence-corrected chi connectivity index (χ2v) is 7.47. The Morgan fingerprint density at radius 2 is 1.92 bits per heavy atom. The molecule has 3 amide bonds. The molecule has 1 heterocycles. The molecule has 7 nitrogen and oxygen atoms in total. The van der Waals surface area contributed by atoms with Crippen LogP contribution in [0.15, 0.2) is 12.7 Å². The number of carbonyl (C=O) groups excluding carboxylic acids is 3. The van der Waals surface area contributed by atoms with E-state index in [9.17, 15) is 14.4 Å². The number of hydrogen-bond donors (Lipinski definition) is 2. The molecule has 1 saturated heterocycles.